The van der Waals surface area contributed by atoms with Gasteiger partial charge in [-0.15, -0.1) is 0 Å². The fraction of sp³-hybridized carbons (Fsp3) is 0.316. The zero-order chi connectivity index (χ0) is 16.2. The normalized spacial score (nSPS) is 15.6. The first kappa shape index (κ1) is 16.2. The highest BCUT2D eigenvalue weighted by atomic mass is 35.5. The number of halogens is 2. The Bertz CT molecular complexity index is 693. The summed E-state index contributed by atoms with van der Waals surface area (Å²) >= 11 is 5.97. The van der Waals surface area contributed by atoms with Crippen LogP contribution in [-0.4, -0.2) is 23.8 Å². The van der Waals surface area contributed by atoms with Gasteiger partial charge in [-0.1, -0.05) is 42.3 Å². The van der Waals surface area contributed by atoms with Crippen LogP contribution >= 0.6 is 11.6 Å². The number of likely N-dealkylation sites (tertiary alicyclic amines) is 1. The first-order valence-corrected chi connectivity index (χ1v) is 8.32. The number of piperidine rings is 1. The third kappa shape index (κ3) is 3.98. The van der Waals surface area contributed by atoms with E-state index < -0.39 is 5.82 Å². The van der Waals surface area contributed by atoms with Crippen LogP contribution in [0.1, 0.15) is 40.7 Å². The molecule has 120 valence electrons. The molecule has 1 saturated heterocycles. The summed E-state index contributed by atoms with van der Waals surface area (Å²) in [5, 5.41) is 0.146. The van der Waals surface area contributed by atoms with Crippen LogP contribution in [0.2, 0.25) is 5.02 Å². The maximum Gasteiger partial charge on any atom is 0.194 e. The van der Waals surface area contributed by atoms with Crippen LogP contribution in [0.15, 0.2) is 42.5 Å². The molecule has 1 aliphatic heterocycles. The molecule has 2 aromatic rings. The van der Waals surface area contributed by atoms with Crippen LogP contribution in [0, 0.1) is 5.82 Å². The van der Waals surface area contributed by atoms with Crippen molar-refractivity contribution in [2.75, 3.05) is 13.1 Å². The molecule has 3 rings (SSSR count). The lowest BCUT2D eigenvalue weighted by Crippen LogP contribution is -2.29. The van der Waals surface area contributed by atoms with E-state index in [9.17, 15) is 9.18 Å². The Morgan fingerprint density at radius 2 is 1.74 bits per heavy atom. The molecule has 23 heavy (non-hydrogen) atoms. The van der Waals surface area contributed by atoms with Crippen molar-refractivity contribution >= 4 is 17.4 Å². The summed E-state index contributed by atoms with van der Waals surface area (Å²) < 4.78 is 13.1. The monoisotopic (exact) mass is 331 g/mol. The van der Waals surface area contributed by atoms with E-state index in [2.05, 4.69) is 4.90 Å². The number of carbonyl (C=O) groups excluding carboxylic acids is 1. The number of ketones is 1. The Labute approximate surface area is 140 Å². The molecule has 0 N–H and O–H groups in total. The average Bonchev–Trinajstić information content (AvgIpc) is 2.56. The maximum absolute atomic E-state index is 13.1. The SMILES string of the molecule is O=C(c1ccc(CN2CCCCC2)cc1)c1ccc(F)cc1Cl. The van der Waals surface area contributed by atoms with Crippen LogP contribution in [0.5, 0.6) is 0 Å². The van der Waals surface area contributed by atoms with Gasteiger partial charge in [0.2, 0.25) is 0 Å². The predicted octanol–water partition coefficient (Wildman–Crippen LogP) is 4.70. The summed E-state index contributed by atoms with van der Waals surface area (Å²) in [6, 6.07) is 11.5. The fourth-order valence-corrected chi connectivity index (χ4v) is 3.22. The molecule has 0 aliphatic carbocycles. The van der Waals surface area contributed by atoms with E-state index in [-0.39, 0.29) is 10.8 Å². The molecule has 2 aromatic carbocycles. The zero-order valence-corrected chi connectivity index (χ0v) is 13.7. The molecule has 2 nitrogen and oxygen atoms in total. The van der Waals surface area contributed by atoms with E-state index in [0.717, 1.165) is 19.6 Å². The van der Waals surface area contributed by atoms with Gasteiger partial charge in [-0.05, 0) is 49.7 Å². The van der Waals surface area contributed by atoms with Crippen LogP contribution in [-0.2, 0) is 6.54 Å². The summed E-state index contributed by atoms with van der Waals surface area (Å²) in [6.07, 6.45) is 3.85. The fourth-order valence-electron chi connectivity index (χ4n) is 2.97. The topological polar surface area (TPSA) is 20.3 Å². The van der Waals surface area contributed by atoms with Crippen molar-refractivity contribution in [3.63, 3.8) is 0 Å². The number of hydrogen-bond acceptors (Lipinski definition) is 2. The third-order valence-corrected chi connectivity index (χ3v) is 4.56. The average molecular weight is 332 g/mol. The van der Waals surface area contributed by atoms with E-state index in [1.54, 1.807) is 0 Å². The van der Waals surface area contributed by atoms with Crippen LogP contribution in [0.25, 0.3) is 0 Å². The molecule has 0 amide bonds. The summed E-state index contributed by atoms with van der Waals surface area (Å²) in [7, 11) is 0. The molecule has 0 spiro atoms. The Hall–Kier alpha value is -1.71. The summed E-state index contributed by atoms with van der Waals surface area (Å²) in [4.78, 5) is 14.9. The highest BCUT2D eigenvalue weighted by Crippen LogP contribution is 2.21. The standard InChI is InChI=1S/C19H19ClFNO/c20-18-12-16(21)8-9-17(18)19(23)15-6-4-14(5-7-15)13-22-10-2-1-3-11-22/h4-9,12H,1-3,10-11,13H2. The Balaban J connectivity index is 1.72. The molecule has 0 aromatic heterocycles. The van der Waals surface area contributed by atoms with Crippen LogP contribution in [0.4, 0.5) is 4.39 Å². The predicted molar refractivity (Wildman–Crippen MR) is 90.4 cm³/mol. The van der Waals surface area contributed by atoms with Crippen LogP contribution in [0.3, 0.4) is 0 Å². The van der Waals surface area contributed by atoms with Crippen molar-refractivity contribution in [2.45, 2.75) is 25.8 Å². The number of hydrogen-bond donors (Lipinski definition) is 0. The minimum absolute atomic E-state index is 0.146. The molecule has 1 aliphatic rings. The lowest BCUT2D eigenvalue weighted by molar-refractivity contribution is 0.103. The van der Waals surface area contributed by atoms with Gasteiger partial charge in [-0.3, -0.25) is 9.69 Å². The van der Waals surface area contributed by atoms with Crippen molar-refractivity contribution in [1.82, 2.24) is 4.90 Å². The molecular formula is C19H19ClFNO. The van der Waals surface area contributed by atoms with Crippen molar-refractivity contribution < 1.29 is 9.18 Å². The van der Waals surface area contributed by atoms with Crippen molar-refractivity contribution in [3.8, 4) is 0 Å². The maximum atomic E-state index is 13.1. The number of carbonyl (C=O) groups is 1. The van der Waals surface area contributed by atoms with Gasteiger partial charge >= 0.3 is 0 Å². The van der Waals surface area contributed by atoms with Crippen molar-refractivity contribution in [3.05, 3.63) is 70.0 Å². The molecule has 4 heteroatoms. The number of nitrogens with zero attached hydrogens (tertiary/aromatic N) is 1. The minimum atomic E-state index is -0.441. The molecule has 0 bridgehead atoms. The molecule has 0 unspecified atom stereocenters. The van der Waals surface area contributed by atoms with Crippen molar-refractivity contribution in [1.29, 1.82) is 0 Å². The third-order valence-electron chi connectivity index (χ3n) is 4.25. The smallest absolute Gasteiger partial charge is 0.194 e. The van der Waals surface area contributed by atoms with Gasteiger partial charge < -0.3 is 0 Å². The van der Waals surface area contributed by atoms with E-state index in [1.807, 2.05) is 24.3 Å². The molecular weight excluding hydrogens is 313 g/mol. The van der Waals surface area contributed by atoms with E-state index in [4.69, 9.17) is 11.6 Å². The second-order valence-corrected chi connectivity index (χ2v) is 6.39. The second kappa shape index (κ2) is 7.24. The Kier molecular flexibility index (Phi) is 5.09. The number of rotatable bonds is 4. The van der Waals surface area contributed by atoms with E-state index in [1.165, 1.54) is 43.0 Å². The van der Waals surface area contributed by atoms with Gasteiger partial charge in [0.25, 0.3) is 0 Å². The molecule has 1 fully saturated rings. The number of benzene rings is 2. The first-order valence-electron chi connectivity index (χ1n) is 7.94. The van der Waals surface area contributed by atoms with Gasteiger partial charge in [0.05, 0.1) is 5.02 Å². The molecule has 0 saturated carbocycles. The highest BCUT2D eigenvalue weighted by Gasteiger charge is 2.14. The second-order valence-electron chi connectivity index (χ2n) is 5.99. The lowest BCUT2D eigenvalue weighted by atomic mass is 10.0. The first-order chi connectivity index (χ1) is 11.1. The van der Waals surface area contributed by atoms with Gasteiger partial charge in [-0.25, -0.2) is 4.39 Å². The van der Waals surface area contributed by atoms with E-state index in [0.29, 0.717) is 11.1 Å². The Morgan fingerprint density at radius 1 is 1.04 bits per heavy atom. The van der Waals surface area contributed by atoms with Crippen molar-refractivity contribution in [2.24, 2.45) is 0 Å². The quantitative estimate of drug-likeness (QED) is 0.757. The van der Waals surface area contributed by atoms with Gasteiger partial charge in [0, 0.05) is 17.7 Å². The van der Waals surface area contributed by atoms with Gasteiger partial charge in [0.1, 0.15) is 5.82 Å². The van der Waals surface area contributed by atoms with Gasteiger partial charge in [-0.2, -0.15) is 0 Å². The van der Waals surface area contributed by atoms with Gasteiger partial charge in [0.15, 0.2) is 5.78 Å². The Morgan fingerprint density at radius 3 is 2.39 bits per heavy atom. The summed E-state index contributed by atoms with van der Waals surface area (Å²) in [5.41, 5.74) is 2.10. The molecule has 0 atom stereocenters. The largest absolute Gasteiger partial charge is 0.299 e. The lowest BCUT2D eigenvalue weighted by Gasteiger charge is -2.26. The summed E-state index contributed by atoms with van der Waals surface area (Å²) in [6.45, 7) is 3.21. The van der Waals surface area contributed by atoms with E-state index >= 15 is 0 Å². The van der Waals surface area contributed by atoms with Crippen LogP contribution < -0.4 is 0 Å². The molecule has 1 heterocycles. The molecule has 0 radical (unpaired) electrons. The highest BCUT2D eigenvalue weighted by molar-refractivity contribution is 6.35. The minimum Gasteiger partial charge on any atom is -0.299 e. The summed E-state index contributed by atoms with van der Waals surface area (Å²) in [5.74, 6) is -0.622. The zero-order valence-electron chi connectivity index (χ0n) is 12.9.